The molecule has 0 aliphatic carbocycles. The van der Waals surface area contributed by atoms with Crippen LogP contribution in [0.3, 0.4) is 0 Å². The third kappa shape index (κ3) is 3.83. The summed E-state index contributed by atoms with van der Waals surface area (Å²) in [6.07, 6.45) is 4.44. The molecule has 2 aromatic carbocycles. The van der Waals surface area contributed by atoms with E-state index in [4.69, 9.17) is 0 Å². The van der Waals surface area contributed by atoms with Crippen LogP contribution in [-0.4, -0.2) is 23.2 Å². The zero-order chi connectivity index (χ0) is 16.1. The summed E-state index contributed by atoms with van der Waals surface area (Å²) in [6, 6.07) is 16.2. The monoisotopic (exact) mass is 326 g/mol. The molecule has 1 heterocycles. The quantitative estimate of drug-likeness (QED) is 0.782. The highest BCUT2D eigenvalue weighted by atomic mass is 32.2. The Bertz CT molecular complexity index is 904. The molecule has 3 rings (SSSR count). The summed E-state index contributed by atoms with van der Waals surface area (Å²) in [4.78, 5) is 3.87. The average Bonchev–Trinajstić information content (AvgIpc) is 3.09. The largest absolute Gasteiger partial charge is 0.278 e. The predicted molar refractivity (Wildman–Crippen MR) is 89.4 cm³/mol. The first kappa shape index (κ1) is 15.0. The molecule has 7 heteroatoms. The summed E-state index contributed by atoms with van der Waals surface area (Å²) in [5.74, 6) is 0. The molecule has 6 nitrogen and oxygen atoms in total. The standard InChI is InChI=1S/C16H14N4O2S/c21-23(22,11-10-14-6-2-1-3-7-14)19-15-8-4-5-9-16(15)20-13-17-12-18-20/h1-13,19H/b11-10+. The summed E-state index contributed by atoms with van der Waals surface area (Å²) in [5, 5.41) is 5.16. The van der Waals surface area contributed by atoms with Crippen molar-refractivity contribution in [2.45, 2.75) is 0 Å². The highest BCUT2D eigenvalue weighted by molar-refractivity contribution is 7.95. The molecule has 0 bridgehead atoms. The fraction of sp³-hybridized carbons (Fsp3) is 0. The lowest BCUT2D eigenvalue weighted by Crippen LogP contribution is -2.11. The Morgan fingerprint density at radius 3 is 2.48 bits per heavy atom. The van der Waals surface area contributed by atoms with Crippen LogP contribution in [0.1, 0.15) is 5.56 Å². The van der Waals surface area contributed by atoms with E-state index in [1.54, 1.807) is 30.3 Å². The van der Waals surface area contributed by atoms with Crippen LogP contribution in [0.4, 0.5) is 5.69 Å². The van der Waals surface area contributed by atoms with Crippen LogP contribution in [0, 0.1) is 0 Å². The minimum absolute atomic E-state index is 0.427. The lowest BCUT2D eigenvalue weighted by molar-refractivity contribution is 0.609. The lowest BCUT2D eigenvalue weighted by atomic mass is 10.2. The molecule has 1 N–H and O–H groups in total. The van der Waals surface area contributed by atoms with Gasteiger partial charge in [-0.15, -0.1) is 0 Å². The first-order chi connectivity index (χ1) is 11.1. The number of hydrogen-bond acceptors (Lipinski definition) is 4. The van der Waals surface area contributed by atoms with Gasteiger partial charge < -0.3 is 0 Å². The van der Waals surface area contributed by atoms with Gasteiger partial charge in [0, 0.05) is 0 Å². The van der Waals surface area contributed by atoms with Crippen LogP contribution in [0.5, 0.6) is 0 Å². The Balaban J connectivity index is 1.86. The highest BCUT2D eigenvalue weighted by Gasteiger charge is 2.10. The minimum atomic E-state index is -3.64. The van der Waals surface area contributed by atoms with E-state index in [-0.39, 0.29) is 0 Å². The SMILES string of the molecule is O=S(=O)(/C=C/c1ccccc1)Nc1ccccc1-n1cncn1. The van der Waals surface area contributed by atoms with Crippen LogP contribution < -0.4 is 4.72 Å². The lowest BCUT2D eigenvalue weighted by Gasteiger charge is -2.10. The topological polar surface area (TPSA) is 76.9 Å². The molecule has 0 spiro atoms. The molecule has 0 amide bonds. The van der Waals surface area contributed by atoms with Gasteiger partial charge in [-0.3, -0.25) is 4.72 Å². The van der Waals surface area contributed by atoms with E-state index < -0.39 is 10.0 Å². The maximum atomic E-state index is 12.3. The molecule has 23 heavy (non-hydrogen) atoms. The Kier molecular flexibility index (Phi) is 4.20. The predicted octanol–water partition coefficient (Wildman–Crippen LogP) is 2.68. The van der Waals surface area contributed by atoms with E-state index >= 15 is 0 Å². The van der Waals surface area contributed by atoms with Crippen molar-refractivity contribution in [3.63, 3.8) is 0 Å². The number of aromatic nitrogens is 3. The number of sulfonamides is 1. The van der Waals surface area contributed by atoms with Crippen LogP contribution in [-0.2, 0) is 10.0 Å². The van der Waals surface area contributed by atoms with E-state index in [9.17, 15) is 8.42 Å². The van der Waals surface area contributed by atoms with Crippen molar-refractivity contribution in [1.29, 1.82) is 0 Å². The third-order valence-electron chi connectivity index (χ3n) is 3.06. The molecule has 0 aliphatic heterocycles. The number of para-hydroxylation sites is 2. The molecule has 0 radical (unpaired) electrons. The second-order valence-electron chi connectivity index (χ2n) is 4.72. The van der Waals surface area contributed by atoms with Crippen molar-refractivity contribution in [1.82, 2.24) is 14.8 Å². The molecule has 0 aliphatic rings. The number of nitrogens with zero attached hydrogens (tertiary/aromatic N) is 3. The van der Waals surface area contributed by atoms with Gasteiger partial charge in [-0.2, -0.15) is 5.10 Å². The molecule has 3 aromatic rings. The van der Waals surface area contributed by atoms with Gasteiger partial charge in [-0.05, 0) is 23.8 Å². The van der Waals surface area contributed by atoms with Gasteiger partial charge in [0.05, 0.1) is 16.8 Å². The van der Waals surface area contributed by atoms with Gasteiger partial charge in [0.2, 0.25) is 0 Å². The number of benzene rings is 2. The normalized spacial score (nSPS) is 11.7. The molecule has 0 unspecified atom stereocenters. The van der Waals surface area contributed by atoms with Gasteiger partial charge in [0.15, 0.2) is 0 Å². The van der Waals surface area contributed by atoms with Gasteiger partial charge in [-0.25, -0.2) is 18.1 Å². The van der Waals surface area contributed by atoms with E-state index in [1.165, 1.54) is 17.3 Å². The number of rotatable bonds is 5. The molecular weight excluding hydrogens is 312 g/mol. The summed E-state index contributed by atoms with van der Waals surface area (Å²) in [7, 11) is -3.64. The zero-order valence-corrected chi connectivity index (χ0v) is 12.9. The summed E-state index contributed by atoms with van der Waals surface area (Å²) >= 11 is 0. The molecule has 116 valence electrons. The molecule has 0 atom stereocenters. The van der Waals surface area contributed by atoms with E-state index in [1.807, 2.05) is 30.3 Å². The smallest absolute Gasteiger partial charge is 0.255 e. The number of hydrogen-bond donors (Lipinski definition) is 1. The fourth-order valence-electron chi connectivity index (χ4n) is 2.01. The average molecular weight is 326 g/mol. The third-order valence-corrected chi connectivity index (χ3v) is 4.06. The summed E-state index contributed by atoms with van der Waals surface area (Å²) < 4.78 is 28.5. The molecule has 0 fully saturated rings. The second-order valence-corrected chi connectivity index (χ2v) is 6.28. The van der Waals surface area contributed by atoms with Gasteiger partial charge >= 0.3 is 0 Å². The first-order valence-electron chi connectivity index (χ1n) is 6.84. The van der Waals surface area contributed by atoms with E-state index in [2.05, 4.69) is 14.8 Å². The Hall–Kier alpha value is -2.93. The summed E-state index contributed by atoms with van der Waals surface area (Å²) in [5.41, 5.74) is 1.83. The fourth-order valence-corrected chi connectivity index (χ4v) is 2.90. The Morgan fingerprint density at radius 1 is 1.00 bits per heavy atom. The van der Waals surface area contributed by atoms with Crippen molar-refractivity contribution in [3.05, 3.63) is 78.2 Å². The van der Waals surface area contributed by atoms with Crippen molar-refractivity contribution in [2.24, 2.45) is 0 Å². The zero-order valence-electron chi connectivity index (χ0n) is 12.1. The van der Waals surface area contributed by atoms with Crippen LogP contribution >= 0.6 is 0 Å². The summed E-state index contributed by atoms with van der Waals surface area (Å²) in [6.45, 7) is 0. The van der Waals surface area contributed by atoms with Crippen molar-refractivity contribution in [2.75, 3.05) is 4.72 Å². The minimum Gasteiger partial charge on any atom is -0.278 e. The van der Waals surface area contributed by atoms with Crippen LogP contribution in [0.2, 0.25) is 0 Å². The second kappa shape index (κ2) is 6.45. The molecular formula is C16H14N4O2S. The maximum Gasteiger partial charge on any atom is 0.255 e. The number of nitrogens with one attached hydrogen (secondary N) is 1. The van der Waals surface area contributed by atoms with Crippen LogP contribution in [0.25, 0.3) is 11.8 Å². The Morgan fingerprint density at radius 2 is 1.74 bits per heavy atom. The maximum absolute atomic E-state index is 12.3. The molecule has 0 saturated carbocycles. The van der Waals surface area contributed by atoms with E-state index in [0.717, 1.165) is 11.0 Å². The van der Waals surface area contributed by atoms with Crippen molar-refractivity contribution < 1.29 is 8.42 Å². The van der Waals surface area contributed by atoms with Gasteiger partial charge in [0.1, 0.15) is 12.7 Å². The van der Waals surface area contributed by atoms with E-state index in [0.29, 0.717) is 11.4 Å². The van der Waals surface area contributed by atoms with Crippen LogP contribution in [0.15, 0.2) is 72.7 Å². The van der Waals surface area contributed by atoms with Crippen molar-refractivity contribution >= 4 is 21.8 Å². The Labute approximate surface area is 134 Å². The van der Waals surface area contributed by atoms with Gasteiger partial charge in [-0.1, -0.05) is 42.5 Å². The van der Waals surface area contributed by atoms with Crippen molar-refractivity contribution in [3.8, 4) is 5.69 Å². The molecule has 0 saturated heterocycles. The number of anilines is 1. The highest BCUT2D eigenvalue weighted by Crippen LogP contribution is 2.20. The molecule has 1 aromatic heterocycles. The van der Waals surface area contributed by atoms with Gasteiger partial charge in [0.25, 0.3) is 10.0 Å². The first-order valence-corrected chi connectivity index (χ1v) is 8.39.